The second-order valence-electron chi connectivity index (χ2n) is 5.44. The summed E-state index contributed by atoms with van der Waals surface area (Å²) in [5.41, 5.74) is 0.598. The van der Waals surface area contributed by atoms with E-state index in [1.54, 1.807) is 28.5 Å². The number of nitrogens with zero attached hydrogens (tertiary/aromatic N) is 2. The van der Waals surface area contributed by atoms with Crippen LogP contribution in [0, 0.1) is 0 Å². The van der Waals surface area contributed by atoms with E-state index in [9.17, 15) is 9.59 Å². The SMILES string of the molecule is O=C(Cc1csc(N2CCCC2=O)n1)Oc1ccc2c(c1)OCO2. The van der Waals surface area contributed by atoms with Crippen LogP contribution in [0.2, 0.25) is 0 Å². The summed E-state index contributed by atoms with van der Waals surface area (Å²) in [5.74, 6) is 1.25. The van der Waals surface area contributed by atoms with Gasteiger partial charge in [-0.3, -0.25) is 14.5 Å². The second kappa shape index (κ2) is 6.12. The number of carbonyl (C=O) groups is 2. The molecule has 0 radical (unpaired) electrons. The van der Waals surface area contributed by atoms with Crippen molar-refractivity contribution in [3.8, 4) is 17.2 Å². The highest BCUT2D eigenvalue weighted by Crippen LogP contribution is 2.35. The molecule has 0 unspecified atom stereocenters. The number of hydrogen-bond donors (Lipinski definition) is 0. The molecule has 2 aromatic rings. The van der Waals surface area contributed by atoms with Crippen molar-refractivity contribution in [3.63, 3.8) is 0 Å². The topological polar surface area (TPSA) is 78.0 Å². The molecule has 1 aromatic heterocycles. The minimum Gasteiger partial charge on any atom is -0.454 e. The molecule has 1 amide bonds. The molecule has 1 aromatic carbocycles. The Bertz CT molecular complexity index is 804. The zero-order valence-corrected chi connectivity index (χ0v) is 13.5. The molecule has 7 nitrogen and oxygen atoms in total. The van der Waals surface area contributed by atoms with E-state index in [0.717, 1.165) is 6.42 Å². The number of amides is 1. The number of thiazole rings is 1. The summed E-state index contributed by atoms with van der Waals surface area (Å²) in [7, 11) is 0. The maximum atomic E-state index is 12.1. The van der Waals surface area contributed by atoms with Gasteiger partial charge >= 0.3 is 5.97 Å². The Morgan fingerprint density at radius 1 is 1.33 bits per heavy atom. The van der Waals surface area contributed by atoms with Crippen LogP contribution in [-0.2, 0) is 16.0 Å². The summed E-state index contributed by atoms with van der Waals surface area (Å²) in [6.45, 7) is 0.858. The summed E-state index contributed by atoms with van der Waals surface area (Å²) < 4.78 is 15.8. The molecule has 2 aliphatic heterocycles. The van der Waals surface area contributed by atoms with E-state index in [1.807, 2.05) is 0 Å². The van der Waals surface area contributed by atoms with Gasteiger partial charge in [0.1, 0.15) is 5.75 Å². The van der Waals surface area contributed by atoms with Crippen LogP contribution in [0.15, 0.2) is 23.6 Å². The van der Waals surface area contributed by atoms with E-state index < -0.39 is 5.97 Å². The van der Waals surface area contributed by atoms with Gasteiger partial charge in [0.05, 0.1) is 12.1 Å². The number of ether oxygens (including phenoxy) is 3. The number of benzene rings is 1. The van der Waals surface area contributed by atoms with Gasteiger partial charge in [0.25, 0.3) is 0 Å². The number of anilines is 1. The molecule has 1 saturated heterocycles. The first kappa shape index (κ1) is 14.9. The summed E-state index contributed by atoms with van der Waals surface area (Å²) in [5, 5.41) is 2.42. The zero-order valence-electron chi connectivity index (χ0n) is 12.7. The summed E-state index contributed by atoms with van der Waals surface area (Å²) in [6.07, 6.45) is 1.45. The lowest BCUT2D eigenvalue weighted by Gasteiger charge is -2.10. The van der Waals surface area contributed by atoms with Crippen molar-refractivity contribution in [1.82, 2.24) is 4.98 Å². The fourth-order valence-electron chi connectivity index (χ4n) is 2.61. The molecular formula is C16H14N2O5S. The Labute approximate surface area is 141 Å². The number of fused-ring (bicyclic) bond motifs is 1. The van der Waals surface area contributed by atoms with E-state index in [2.05, 4.69) is 4.98 Å². The molecule has 0 atom stereocenters. The molecule has 3 heterocycles. The number of rotatable bonds is 4. The van der Waals surface area contributed by atoms with Gasteiger partial charge in [-0.1, -0.05) is 0 Å². The van der Waals surface area contributed by atoms with Crippen LogP contribution >= 0.6 is 11.3 Å². The predicted octanol–water partition coefficient (Wildman–Crippen LogP) is 2.15. The molecule has 24 heavy (non-hydrogen) atoms. The standard InChI is InChI=1S/C16H14N2O5S/c19-14-2-1-5-18(14)16-17-10(8-24-16)6-15(20)23-11-3-4-12-13(7-11)22-9-21-12/h3-4,7-8H,1-2,5-6,9H2. The predicted molar refractivity (Wildman–Crippen MR) is 85.6 cm³/mol. The van der Waals surface area contributed by atoms with Crippen LogP contribution in [0.25, 0.3) is 0 Å². The van der Waals surface area contributed by atoms with Gasteiger partial charge in [-0.05, 0) is 18.6 Å². The Kier molecular flexibility index (Phi) is 3.81. The maximum absolute atomic E-state index is 12.1. The Hall–Kier alpha value is -2.61. The van der Waals surface area contributed by atoms with Gasteiger partial charge in [-0.25, -0.2) is 4.98 Å². The van der Waals surface area contributed by atoms with Gasteiger partial charge in [0.15, 0.2) is 16.6 Å². The van der Waals surface area contributed by atoms with Crippen molar-refractivity contribution in [3.05, 3.63) is 29.3 Å². The van der Waals surface area contributed by atoms with E-state index in [-0.39, 0.29) is 19.1 Å². The molecule has 0 saturated carbocycles. The summed E-state index contributed by atoms with van der Waals surface area (Å²) in [6, 6.07) is 4.97. The molecule has 8 heteroatoms. The molecule has 0 spiro atoms. The lowest BCUT2D eigenvalue weighted by Crippen LogP contribution is -2.23. The highest BCUT2D eigenvalue weighted by Gasteiger charge is 2.24. The molecule has 1 fully saturated rings. The maximum Gasteiger partial charge on any atom is 0.317 e. The Morgan fingerprint density at radius 2 is 2.21 bits per heavy atom. The third-order valence-corrected chi connectivity index (χ3v) is 4.66. The fourth-order valence-corrected chi connectivity index (χ4v) is 3.48. The highest BCUT2D eigenvalue weighted by atomic mass is 32.1. The van der Waals surface area contributed by atoms with Gasteiger partial charge < -0.3 is 14.2 Å². The van der Waals surface area contributed by atoms with E-state index >= 15 is 0 Å². The first-order chi connectivity index (χ1) is 11.7. The van der Waals surface area contributed by atoms with Crippen molar-refractivity contribution in [1.29, 1.82) is 0 Å². The van der Waals surface area contributed by atoms with Crippen molar-refractivity contribution < 1.29 is 23.8 Å². The van der Waals surface area contributed by atoms with E-state index in [4.69, 9.17) is 14.2 Å². The average Bonchev–Trinajstić information content (AvgIpc) is 3.27. The zero-order chi connectivity index (χ0) is 16.5. The van der Waals surface area contributed by atoms with Gasteiger partial charge in [-0.2, -0.15) is 0 Å². The monoisotopic (exact) mass is 346 g/mol. The molecule has 0 bridgehead atoms. The minimum atomic E-state index is -0.418. The highest BCUT2D eigenvalue weighted by molar-refractivity contribution is 7.14. The van der Waals surface area contributed by atoms with Crippen LogP contribution in [0.3, 0.4) is 0 Å². The lowest BCUT2D eigenvalue weighted by atomic mass is 10.3. The summed E-state index contributed by atoms with van der Waals surface area (Å²) in [4.78, 5) is 29.8. The molecule has 0 N–H and O–H groups in total. The normalized spacial score (nSPS) is 15.8. The first-order valence-electron chi connectivity index (χ1n) is 7.54. The molecule has 2 aliphatic rings. The van der Waals surface area contributed by atoms with Gasteiger partial charge in [0, 0.05) is 24.4 Å². The number of esters is 1. The molecule has 124 valence electrons. The third kappa shape index (κ3) is 2.92. The largest absolute Gasteiger partial charge is 0.454 e. The number of aromatic nitrogens is 1. The van der Waals surface area contributed by atoms with Crippen molar-refractivity contribution in [2.24, 2.45) is 0 Å². The number of hydrogen-bond acceptors (Lipinski definition) is 7. The average molecular weight is 346 g/mol. The first-order valence-corrected chi connectivity index (χ1v) is 8.42. The fraction of sp³-hybridized carbons (Fsp3) is 0.312. The molecule has 4 rings (SSSR count). The van der Waals surface area contributed by atoms with Crippen molar-refractivity contribution in [2.75, 3.05) is 18.2 Å². The number of carbonyl (C=O) groups excluding carboxylic acids is 2. The summed E-state index contributed by atoms with van der Waals surface area (Å²) >= 11 is 1.36. The van der Waals surface area contributed by atoms with Crippen LogP contribution in [0.4, 0.5) is 5.13 Å². The van der Waals surface area contributed by atoms with Crippen LogP contribution in [0.1, 0.15) is 18.5 Å². The van der Waals surface area contributed by atoms with Gasteiger partial charge in [-0.15, -0.1) is 11.3 Å². The third-order valence-electron chi connectivity index (χ3n) is 3.75. The van der Waals surface area contributed by atoms with Crippen LogP contribution < -0.4 is 19.1 Å². The smallest absolute Gasteiger partial charge is 0.317 e. The van der Waals surface area contributed by atoms with Gasteiger partial charge in [0.2, 0.25) is 12.7 Å². The van der Waals surface area contributed by atoms with Crippen LogP contribution in [-0.4, -0.2) is 30.2 Å². The van der Waals surface area contributed by atoms with Crippen molar-refractivity contribution in [2.45, 2.75) is 19.3 Å². The second-order valence-corrected chi connectivity index (χ2v) is 6.27. The Balaban J connectivity index is 1.39. The Morgan fingerprint density at radius 3 is 3.04 bits per heavy atom. The van der Waals surface area contributed by atoms with E-state index in [0.29, 0.717) is 41.0 Å². The molecule has 0 aliphatic carbocycles. The quantitative estimate of drug-likeness (QED) is 0.623. The van der Waals surface area contributed by atoms with Crippen LogP contribution in [0.5, 0.6) is 17.2 Å². The molecular weight excluding hydrogens is 332 g/mol. The lowest BCUT2D eigenvalue weighted by molar-refractivity contribution is -0.133. The van der Waals surface area contributed by atoms with Crippen molar-refractivity contribution >= 4 is 28.3 Å². The van der Waals surface area contributed by atoms with E-state index in [1.165, 1.54) is 11.3 Å². The minimum absolute atomic E-state index is 0.0486.